The van der Waals surface area contributed by atoms with E-state index in [1.54, 1.807) is 0 Å². The highest BCUT2D eigenvalue weighted by Gasteiger charge is 2.51. The van der Waals surface area contributed by atoms with Crippen molar-refractivity contribution in [1.29, 1.82) is 0 Å². The number of benzene rings is 2. The first-order valence-electron chi connectivity index (χ1n) is 9.64. The molecular formula is C22H23B2N2+. The average Bonchev–Trinajstić information content (AvgIpc) is 2.80. The Morgan fingerprint density at radius 2 is 1.42 bits per heavy atom. The van der Waals surface area contributed by atoms with E-state index in [2.05, 4.69) is 103 Å². The lowest BCUT2D eigenvalue weighted by Gasteiger charge is -2.41. The van der Waals surface area contributed by atoms with Gasteiger partial charge in [-0.1, -0.05) is 66.9 Å². The van der Waals surface area contributed by atoms with Gasteiger partial charge in [0.05, 0.1) is 6.04 Å². The van der Waals surface area contributed by atoms with Crippen molar-refractivity contribution in [3.63, 3.8) is 0 Å². The number of nitrogens with zero attached hydrogens (tertiary/aromatic N) is 2. The Balaban J connectivity index is 1.86. The maximum absolute atomic E-state index is 2.73. The molecule has 1 aromatic heterocycles. The van der Waals surface area contributed by atoms with Gasteiger partial charge in [0.15, 0.2) is 17.8 Å². The smallest absolute Gasteiger partial charge is 0.359 e. The van der Waals surface area contributed by atoms with E-state index >= 15 is 0 Å². The van der Waals surface area contributed by atoms with Gasteiger partial charge in [-0.2, -0.15) is 0 Å². The summed E-state index contributed by atoms with van der Waals surface area (Å²) in [7, 11) is 0. The molecule has 2 aliphatic heterocycles. The Morgan fingerprint density at radius 3 is 2.19 bits per heavy atom. The molecule has 3 aromatic rings. The molecule has 2 unspecified atom stereocenters. The van der Waals surface area contributed by atoms with Gasteiger partial charge in [0.2, 0.25) is 6.85 Å². The van der Waals surface area contributed by atoms with Crippen molar-refractivity contribution in [2.75, 3.05) is 0 Å². The first kappa shape index (κ1) is 15.9. The number of hydrogen-bond donors (Lipinski definition) is 0. The Labute approximate surface area is 156 Å². The Kier molecular flexibility index (Phi) is 3.58. The molecule has 5 rings (SSSR count). The van der Waals surface area contributed by atoms with Crippen LogP contribution in [0.3, 0.4) is 0 Å². The monoisotopic (exact) mass is 337 g/mol. The van der Waals surface area contributed by atoms with Crippen molar-refractivity contribution in [2.24, 2.45) is 0 Å². The molecule has 126 valence electrons. The molecule has 0 radical (unpaired) electrons. The van der Waals surface area contributed by atoms with Crippen molar-refractivity contribution >= 4 is 30.2 Å². The molecule has 0 aliphatic carbocycles. The van der Waals surface area contributed by atoms with Crippen molar-refractivity contribution in [3.8, 4) is 11.1 Å². The lowest BCUT2D eigenvalue weighted by molar-refractivity contribution is -0.710. The lowest BCUT2D eigenvalue weighted by atomic mass is 9.40. The minimum atomic E-state index is 0.279. The average molecular weight is 337 g/mol. The summed E-state index contributed by atoms with van der Waals surface area (Å²) in [5.74, 6) is 0. The molecule has 0 saturated heterocycles. The fraction of sp³-hybridized carbons (Fsp3) is 0.227. The summed E-state index contributed by atoms with van der Waals surface area (Å²) in [6.07, 6.45) is 2.25. The van der Waals surface area contributed by atoms with E-state index in [1.165, 1.54) is 27.6 Å². The van der Waals surface area contributed by atoms with Crippen LogP contribution in [0.15, 0.2) is 72.9 Å². The van der Waals surface area contributed by atoms with Crippen LogP contribution < -0.4 is 21.1 Å². The highest BCUT2D eigenvalue weighted by molar-refractivity contribution is 6.93. The SMILES string of the molecule is CB1c2ccccc2-c2ccccc2B2c3cccc[n+]3C(C)C(C)N12. The zero-order chi connectivity index (χ0) is 17.8. The van der Waals surface area contributed by atoms with Gasteiger partial charge in [0, 0.05) is 6.07 Å². The highest BCUT2D eigenvalue weighted by atomic mass is 15.2. The van der Waals surface area contributed by atoms with Gasteiger partial charge in [-0.25, -0.2) is 4.57 Å². The summed E-state index contributed by atoms with van der Waals surface area (Å²) in [5.41, 5.74) is 7.01. The van der Waals surface area contributed by atoms with Gasteiger partial charge in [-0.3, -0.25) is 0 Å². The summed E-state index contributed by atoms with van der Waals surface area (Å²) in [5, 5.41) is 0. The Morgan fingerprint density at radius 1 is 0.808 bits per heavy atom. The van der Waals surface area contributed by atoms with E-state index < -0.39 is 0 Å². The van der Waals surface area contributed by atoms with Crippen molar-refractivity contribution < 1.29 is 4.57 Å². The molecule has 4 heteroatoms. The molecular weight excluding hydrogens is 314 g/mol. The predicted molar refractivity (Wildman–Crippen MR) is 111 cm³/mol. The summed E-state index contributed by atoms with van der Waals surface area (Å²) in [4.78, 5) is 0. The molecule has 0 fully saturated rings. The van der Waals surface area contributed by atoms with Crippen LogP contribution in [0, 0.1) is 0 Å². The molecule has 0 bridgehead atoms. The molecule has 2 aliphatic rings. The summed E-state index contributed by atoms with van der Waals surface area (Å²) < 4.78 is 5.20. The van der Waals surface area contributed by atoms with Gasteiger partial charge < -0.3 is 4.72 Å². The van der Waals surface area contributed by atoms with E-state index in [1.807, 2.05) is 0 Å². The standard InChI is InChI=1S/C22H23B2N2/c1-16-17(2)26-23(3)20-12-6-4-10-18(20)19-11-5-7-13-21(19)24(26)22-14-8-9-15-25(16)22/h4-17H,1-3H3/q+1. The molecule has 0 spiro atoms. The normalized spacial score (nSPS) is 21.3. The number of fused-ring (bicyclic) bond motifs is 7. The number of aromatic nitrogens is 1. The summed E-state index contributed by atoms with van der Waals surface area (Å²) in [6.45, 7) is 7.75. The first-order valence-corrected chi connectivity index (χ1v) is 9.64. The van der Waals surface area contributed by atoms with Crippen LogP contribution in [-0.2, 0) is 0 Å². The van der Waals surface area contributed by atoms with Gasteiger partial charge >= 0.3 is 6.85 Å². The predicted octanol–water partition coefficient (Wildman–Crippen LogP) is 1.85. The molecule has 3 heterocycles. The third-order valence-electron chi connectivity index (χ3n) is 6.51. The van der Waals surface area contributed by atoms with Crippen LogP contribution in [0.4, 0.5) is 0 Å². The third kappa shape index (κ3) is 2.09. The first-order chi connectivity index (χ1) is 12.7. The number of pyridine rings is 1. The minimum Gasteiger partial charge on any atom is -0.359 e. The van der Waals surface area contributed by atoms with E-state index in [9.17, 15) is 0 Å². The summed E-state index contributed by atoms with van der Waals surface area (Å²) >= 11 is 0. The molecule has 0 N–H and O–H groups in total. The van der Waals surface area contributed by atoms with Gasteiger partial charge in [-0.05, 0) is 36.5 Å². The summed E-state index contributed by atoms with van der Waals surface area (Å²) in [6, 6.07) is 25.5. The van der Waals surface area contributed by atoms with Gasteiger partial charge in [0.1, 0.15) is 0 Å². The van der Waals surface area contributed by atoms with Crippen LogP contribution in [0.2, 0.25) is 6.82 Å². The second-order valence-corrected chi connectivity index (χ2v) is 7.71. The van der Waals surface area contributed by atoms with Crippen LogP contribution in [0.25, 0.3) is 11.1 Å². The highest BCUT2D eigenvalue weighted by Crippen LogP contribution is 2.26. The lowest BCUT2D eigenvalue weighted by Crippen LogP contribution is -2.79. The zero-order valence-corrected chi connectivity index (χ0v) is 15.6. The van der Waals surface area contributed by atoms with Crippen molar-refractivity contribution in [2.45, 2.75) is 32.8 Å². The topological polar surface area (TPSA) is 7.12 Å². The largest absolute Gasteiger partial charge is 0.364 e. The quantitative estimate of drug-likeness (QED) is 0.449. The Bertz CT molecular complexity index is 987. The molecule has 0 saturated carbocycles. The molecule has 2 atom stereocenters. The maximum Gasteiger partial charge on any atom is 0.364 e. The fourth-order valence-corrected chi connectivity index (χ4v) is 5.09. The van der Waals surface area contributed by atoms with E-state index in [0.29, 0.717) is 18.9 Å². The van der Waals surface area contributed by atoms with E-state index in [4.69, 9.17) is 0 Å². The molecule has 2 nitrogen and oxygen atoms in total. The van der Waals surface area contributed by atoms with Crippen LogP contribution >= 0.6 is 0 Å². The minimum absolute atomic E-state index is 0.279. The molecule has 2 aromatic carbocycles. The molecule has 0 amide bonds. The fourth-order valence-electron chi connectivity index (χ4n) is 5.09. The second-order valence-electron chi connectivity index (χ2n) is 7.71. The number of rotatable bonds is 0. The zero-order valence-electron chi connectivity index (χ0n) is 15.6. The van der Waals surface area contributed by atoms with Crippen molar-refractivity contribution in [1.82, 2.24) is 4.72 Å². The van der Waals surface area contributed by atoms with Gasteiger partial charge in [0.25, 0.3) is 0 Å². The van der Waals surface area contributed by atoms with Gasteiger partial charge in [-0.15, -0.1) is 0 Å². The second kappa shape index (κ2) is 5.85. The Hall–Kier alpha value is -2.32. The number of hydrogen-bond acceptors (Lipinski definition) is 1. The third-order valence-corrected chi connectivity index (χ3v) is 6.51. The van der Waals surface area contributed by atoms with Crippen LogP contribution in [0.5, 0.6) is 0 Å². The maximum atomic E-state index is 2.73. The molecule has 26 heavy (non-hydrogen) atoms. The van der Waals surface area contributed by atoms with E-state index in [-0.39, 0.29) is 6.85 Å². The van der Waals surface area contributed by atoms with Crippen LogP contribution in [-0.4, -0.2) is 24.5 Å². The van der Waals surface area contributed by atoms with Crippen LogP contribution in [0.1, 0.15) is 19.9 Å². The van der Waals surface area contributed by atoms with E-state index in [0.717, 1.165) is 0 Å². The van der Waals surface area contributed by atoms with Crippen molar-refractivity contribution in [3.05, 3.63) is 72.9 Å².